The fourth-order valence-electron chi connectivity index (χ4n) is 3.72. The first-order valence-corrected chi connectivity index (χ1v) is 9.81. The molecule has 0 saturated carbocycles. The molecule has 0 radical (unpaired) electrons. The van der Waals surface area contributed by atoms with Crippen LogP contribution >= 0.6 is 24.0 Å². The normalized spacial score (nSPS) is 18.5. The van der Waals surface area contributed by atoms with Crippen LogP contribution in [0.3, 0.4) is 0 Å². The number of fused-ring (bicyclic) bond motifs is 1. The monoisotopic (exact) mass is 509 g/mol. The topological polar surface area (TPSA) is 54.9 Å². The number of aliphatic imine (C=N–C) groups is 1. The molecule has 0 aromatic heterocycles. The van der Waals surface area contributed by atoms with E-state index in [2.05, 4.69) is 54.6 Å². The largest absolute Gasteiger partial charge is 0.496 e. The van der Waals surface area contributed by atoms with Gasteiger partial charge in [-0.25, -0.2) is 0 Å². The first kappa shape index (κ1) is 23.3. The SMILES string of the molecule is CN=C(NCC(C)c1ccccc1OC)NC1CC(C)(C)Oc2ccccc21.I. The van der Waals surface area contributed by atoms with E-state index in [1.807, 2.05) is 30.3 Å². The maximum absolute atomic E-state index is 6.13. The van der Waals surface area contributed by atoms with Crippen molar-refractivity contribution in [2.45, 2.75) is 44.8 Å². The number of ether oxygens (including phenoxy) is 2. The molecule has 3 rings (SSSR count). The van der Waals surface area contributed by atoms with Crippen LogP contribution in [0.1, 0.15) is 50.3 Å². The highest BCUT2D eigenvalue weighted by Gasteiger charge is 2.34. The van der Waals surface area contributed by atoms with Crippen LogP contribution in [0.25, 0.3) is 0 Å². The van der Waals surface area contributed by atoms with Gasteiger partial charge in [-0.3, -0.25) is 4.99 Å². The number of hydrogen-bond donors (Lipinski definition) is 2. The Hall–Kier alpha value is -1.96. The maximum atomic E-state index is 6.13. The summed E-state index contributed by atoms with van der Waals surface area (Å²) in [5, 5.41) is 7.05. The third-order valence-electron chi connectivity index (χ3n) is 5.16. The number of methoxy groups -OCH3 is 1. The number of para-hydroxylation sites is 2. The van der Waals surface area contributed by atoms with Crippen molar-refractivity contribution in [1.82, 2.24) is 10.6 Å². The minimum absolute atomic E-state index is 0. The molecule has 1 heterocycles. The van der Waals surface area contributed by atoms with Crippen molar-refractivity contribution in [2.24, 2.45) is 4.99 Å². The van der Waals surface area contributed by atoms with Crippen LogP contribution in [-0.2, 0) is 0 Å². The van der Waals surface area contributed by atoms with E-state index < -0.39 is 0 Å². The van der Waals surface area contributed by atoms with Gasteiger partial charge in [0.2, 0.25) is 0 Å². The van der Waals surface area contributed by atoms with Crippen molar-refractivity contribution < 1.29 is 9.47 Å². The first-order chi connectivity index (χ1) is 13.4. The summed E-state index contributed by atoms with van der Waals surface area (Å²) in [6.07, 6.45) is 0.868. The van der Waals surface area contributed by atoms with E-state index in [-0.39, 0.29) is 41.5 Å². The summed E-state index contributed by atoms with van der Waals surface area (Å²) < 4.78 is 11.6. The molecule has 1 aliphatic rings. The molecule has 2 N–H and O–H groups in total. The van der Waals surface area contributed by atoms with Crippen molar-refractivity contribution >= 4 is 29.9 Å². The first-order valence-electron chi connectivity index (χ1n) is 9.81. The Morgan fingerprint density at radius 2 is 1.90 bits per heavy atom. The molecule has 158 valence electrons. The van der Waals surface area contributed by atoms with Gasteiger partial charge < -0.3 is 20.1 Å². The van der Waals surface area contributed by atoms with E-state index in [1.165, 1.54) is 11.1 Å². The van der Waals surface area contributed by atoms with Crippen LogP contribution in [0.4, 0.5) is 0 Å². The number of benzene rings is 2. The highest BCUT2D eigenvalue weighted by Crippen LogP contribution is 2.39. The molecule has 29 heavy (non-hydrogen) atoms. The molecule has 0 fully saturated rings. The van der Waals surface area contributed by atoms with E-state index in [4.69, 9.17) is 9.47 Å². The van der Waals surface area contributed by atoms with Crippen LogP contribution in [0.15, 0.2) is 53.5 Å². The fraction of sp³-hybridized carbons (Fsp3) is 0.435. The number of nitrogens with zero attached hydrogens (tertiary/aromatic N) is 1. The van der Waals surface area contributed by atoms with Crippen LogP contribution in [0.2, 0.25) is 0 Å². The molecule has 2 atom stereocenters. The predicted octanol–water partition coefficient (Wildman–Crippen LogP) is 4.88. The molecular weight excluding hydrogens is 477 g/mol. The molecule has 1 aliphatic heterocycles. The molecule has 2 aromatic rings. The maximum Gasteiger partial charge on any atom is 0.191 e. The molecule has 6 heteroatoms. The second-order valence-electron chi connectivity index (χ2n) is 7.90. The van der Waals surface area contributed by atoms with Gasteiger partial charge in [-0.2, -0.15) is 0 Å². The van der Waals surface area contributed by atoms with E-state index in [0.717, 1.165) is 30.4 Å². The molecule has 2 aromatic carbocycles. The molecule has 2 unspecified atom stereocenters. The second kappa shape index (κ2) is 10.2. The molecule has 0 aliphatic carbocycles. The lowest BCUT2D eigenvalue weighted by Gasteiger charge is -2.38. The third-order valence-corrected chi connectivity index (χ3v) is 5.16. The summed E-state index contributed by atoms with van der Waals surface area (Å²) in [5.74, 6) is 2.93. The van der Waals surface area contributed by atoms with Crippen molar-refractivity contribution in [3.8, 4) is 11.5 Å². The lowest BCUT2D eigenvalue weighted by Crippen LogP contribution is -2.46. The van der Waals surface area contributed by atoms with Gasteiger partial charge >= 0.3 is 0 Å². The summed E-state index contributed by atoms with van der Waals surface area (Å²) in [4.78, 5) is 4.43. The average molecular weight is 509 g/mol. The van der Waals surface area contributed by atoms with Gasteiger partial charge in [-0.1, -0.05) is 43.3 Å². The van der Waals surface area contributed by atoms with E-state index >= 15 is 0 Å². The van der Waals surface area contributed by atoms with Gasteiger partial charge in [-0.15, -0.1) is 24.0 Å². The molecule has 0 saturated heterocycles. The van der Waals surface area contributed by atoms with Gasteiger partial charge in [-0.05, 0) is 31.5 Å². The van der Waals surface area contributed by atoms with Crippen LogP contribution in [0, 0.1) is 0 Å². The number of halogens is 1. The Labute approximate surface area is 191 Å². The van der Waals surface area contributed by atoms with Crippen molar-refractivity contribution in [3.05, 3.63) is 59.7 Å². The van der Waals surface area contributed by atoms with Crippen LogP contribution in [0.5, 0.6) is 11.5 Å². The van der Waals surface area contributed by atoms with Crippen molar-refractivity contribution in [1.29, 1.82) is 0 Å². The van der Waals surface area contributed by atoms with Crippen LogP contribution < -0.4 is 20.1 Å². The Morgan fingerprint density at radius 1 is 1.21 bits per heavy atom. The number of rotatable bonds is 5. The predicted molar refractivity (Wildman–Crippen MR) is 130 cm³/mol. The smallest absolute Gasteiger partial charge is 0.191 e. The average Bonchev–Trinajstić information content (AvgIpc) is 2.69. The number of nitrogens with one attached hydrogen (secondary N) is 2. The van der Waals surface area contributed by atoms with Gasteiger partial charge in [0.05, 0.1) is 13.2 Å². The van der Waals surface area contributed by atoms with Gasteiger partial charge in [0.1, 0.15) is 17.1 Å². The molecule has 5 nitrogen and oxygen atoms in total. The number of guanidine groups is 1. The summed E-state index contributed by atoms with van der Waals surface area (Å²) >= 11 is 0. The Bertz CT molecular complexity index is 838. The minimum atomic E-state index is -0.227. The summed E-state index contributed by atoms with van der Waals surface area (Å²) in [5.41, 5.74) is 2.13. The zero-order valence-corrected chi connectivity index (χ0v) is 20.2. The molecule has 0 spiro atoms. The Kier molecular flexibility index (Phi) is 8.19. The van der Waals surface area contributed by atoms with Gasteiger partial charge in [0, 0.05) is 31.5 Å². The quantitative estimate of drug-likeness (QED) is 0.343. The van der Waals surface area contributed by atoms with Crippen LogP contribution in [-0.4, -0.2) is 32.3 Å². The standard InChI is InChI=1S/C23H31N3O2.HI/c1-16(17-10-6-8-12-20(17)27-5)15-25-22(24-4)26-19-14-23(2,3)28-21-13-9-7-11-18(19)21;/h6-13,16,19H,14-15H2,1-5H3,(H2,24,25,26);1H. The fourth-order valence-corrected chi connectivity index (χ4v) is 3.72. The van der Waals surface area contributed by atoms with Gasteiger partial charge in [0.25, 0.3) is 0 Å². The lowest BCUT2D eigenvalue weighted by molar-refractivity contribution is 0.0694. The second-order valence-corrected chi connectivity index (χ2v) is 7.90. The molecule has 0 bridgehead atoms. The molecule has 0 amide bonds. The van der Waals surface area contributed by atoms with E-state index in [1.54, 1.807) is 14.2 Å². The summed E-state index contributed by atoms with van der Waals surface area (Å²) in [7, 11) is 3.52. The molecular formula is C23H32IN3O2. The minimum Gasteiger partial charge on any atom is -0.496 e. The van der Waals surface area contributed by atoms with Crippen molar-refractivity contribution in [3.63, 3.8) is 0 Å². The number of hydrogen-bond acceptors (Lipinski definition) is 3. The Morgan fingerprint density at radius 3 is 2.62 bits per heavy atom. The third kappa shape index (κ3) is 5.78. The van der Waals surface area contributed by atoms with E-state index in [9.17, 15) is 0 Å². The zero-order chi connectivity index (χ0) is 20.1. The zero-order valence-electron chi connectivity index (χ0n) is 17.9. The summed E-state index contributed by atoms with van der Waals surface area (Å²) in [6, 6.07) is 16.5. The van der Waals surface area contributed by atoms with Crippen molar-refractivity contribution in [2.75, 3.05) is 20.7 Å². The highest BCUT2D eigenvalue weighted by molar-refractivity contribution is 14.0. The Balaban J connectivity index is 0.00000300. The lowest BCUT2D eigenvalue weighted by atomic mass is 9.90. The summed E-state index contributed by atoms with van der Waals surface area (Å²) in [6.45, 7) is 7.19. The van der Waals surface area contributed by atoms with Gasteiger partial charge in [0.15, 0.2) is 5.96 Å². The highest BCUT2D eigenvalue weighted by atomic mass is 127. The van der Waals surface area contributed by atoms with E-state index in [0.29, 0.717) is 0 Å².